The molecule has 2 nitrogen and oxygen atoms in total. The van der Waals surface area contributed by atoms with Gasteiger partial charge in [-0.15, -0.1) is 0 Å². The lowest BCUT2D eigenvalue weighted by Crippen LogP contribution is -2.12. The van der Waals surface area contributed by atoms with Crippen molar-refractivity contribution in [3.63, 3.8) is 0 Å². The molecule has 0 bridgehead atoms. The second-order valence-electron chi connectivity index (χ2n) is 4.32. The Bertz CT molecular complexity index is 510. The van der Waals surface area contributed by atoms with Crippen molar-refractivity contribution >= 4 is 5.69 Å². The Morgan fingerprint density at radius 2 is 1.89 bits per heavy atom. The monoisotopic (exact) mass is 245 g/mol. The number of aliphatic hydroxyl groups is 1. The summed E-state index contributed by atoms with van der Waals surface area (Å²) in [5.41, 5.74) is 2.71. The van der Waals surface area contributed by atoms with Gasteiger partial charge >= 0.3 is 0 Å². The van der Waals surface area contributed by atoms with Crippen LogP contribution in [-0.4, -0.2) is 11.7 Å². The predicted molar refractivity (Wildman–Crippen MR) is 71.0 cm³/mol. The first kappa shape index (κ1) is 12.6. The van der Waals surface area contributed by atoms with E-state index in [4.69, 9.17) is 0 Å². The minimum Gasteiger partial charge on any atom is -0.387 e. The van der Waals surface area contributed by atoms with E-state index in [0.717, 1.165) is 5.69 Å². The molecule has 3 heteroatoms. The van der Waals surface area contributed by atoms with Crippen LogP contribution in [0.1, 0.15) is 17.2 Å². The molecule has 2 N–H and O–H groups in total. The maximum absolute atomic E-state index is 13.0. The Labute approximate surface area is 106 Å². The average molecular weight is 245 g/mol. The number of aryl methyl sites for hydroxylation is 1. The van der Waals surface area contributed by atoms with Crippen molar-refractivity contribution in [3.8, 4) is 0 Å². The molecular formula is C15H16FNO. The largest absolute Gasteiger partial charge is 0.387 e. The van der Waals surface area contributed by atoms with E-state index in [-0.39, 0.29) is 5.82 Å². The van der Waals surface area contributed by atoms with Gasteiger partial charge in [-0.2, -0.15) is 0 Å². The highest BCUT2D eigenvalue weighted by Gasteiger charge is 2.07. The molecule has 94 valence electrons. The maximum atomic E-state index is 13.0. The maximum Gasteiger partial charge on any atom is 0.123 e. The Kier molecular flexibility index (Phi) is 3.95. The lowest BCUT2D eigenvalue weighted by molar-refractivity contribution is 0.191. The summed E-state index contributed by atoms with van der Waals surface area (Å²) in [4.78, 5) is 0. The SMILES string of the molecule is Cc1ccc(NCC(O)c2cccc(F)c2)cc1. The highest BCUT2D eigenvalue weighted by atomic mass is 19.1. The van der Waals surface area contributed by atoms with Gasteiger partial charge < -0.3 is 10.4 Å². The molecule has 0 aromatic heterocycles. The average Bonchev–Trinajstić information content (AvgIpc) is 2.38. The number of benzene rings is 2. The zero-order chi connectivity index (χ0) is 13.0. The summed E-state index contributed by atoms with van der Waals surface area (Å²) in [6.07, 6.45) is -0.720. The molecule has 2 rings (SSSR count). The van der Waals surface area contributed by atoms with E-state index in [9.17, 15) is 9.50 Å². The molecule has 0 aliphatic heterocycles. The summed E-state index contributed by atoms with van der Waals surface area (Å²) in [7, 11) is 0. The lowest BCUT2D eigenvalue weighted by atomic mass is 10.1. The molecule has 0 saturated carbocycles. The highest BCUT2D eigenvalue weighted by Crippen LogP contribution is 2.16. The second kappa shape index (κ2) is 5.65. The van der Waals surface area contributed by atoms with Crippen LogP contribution in [0.15, 0.2) is 48.5 Å². The fourth-order valence-electron chi connectivity index (χ4n) is 1.72. The molecule has 1 unspecified atom stereocenters. The molecule has 0 radical (unpaired) electrons. The number of nitrogens with one attached hydrogen (secondary N) is 1. The van der Waals surface area contributed by atoms with Gasteiger partial charge in [0.15, 0.2) is 0 Å². The van der Waals surface area contributed by atoms with Crippen LogP contribution in [0.3, 0.4) is 0 Å². The number of rotatable bonds is 4. The summed E-state index contributed by atoms with van der Waals surface area (Å²) >= 11 is 0. The van der Waals surface area contributed by atoms with Crippen molar-refractivity contribution in [2.75, 3.05) is 11.9 Å². The van der Waals surface area contributed by atoms with Crippen LogP contribution in [0.4, 0.5) is 10.1 Å². The summed E-state index contributed by atoms with van der Waals surface area (Å²) in [5.74, 6) is -0.332. The van der Waals surface area contributed by atoms with Gasteiger partial charge in [0.25, 0.3) is 0 Å². The molecule has 0 aliphatic carbocycles. The van der Waals surface area contributed by atoms with Crippen LogP contribution in [0.2, 0.25) is 0 Å². The lowest BCUT2D eigenvalue weighted by Gasteiger charge is -2.13. The molecule has 0 amide bonds. The van der Waals surface area contributed by atoms with Crippen molar-refractivity contribution in [1.29, 1.82) is 0 Å². The number of halogens is 1. The Morgan fingerprint density at radius 1 is 1.17 bits per heavy atom. The van der Waals surface area contributed by atoms with E-state index in [1.165, 1.54) is 17.7 Å². The number of hydrogen-bond donors (Lipinski definition) is 2. The van der Waals surface area contributed by atoms with Crippen LogP contribution in [-0.2, 0) is 0 Å². The van der Waals surface area contributed by atoms with Gasteiger partial charge in [0.1, 0.15) is 5.82 Å². The van der Waals surface area contributed by atoms with Gasteiger partial charge in [0.05, 0.1) is 6.10 Å². The number of hydrogen-bond acceptors (Lipinski definition) is 2. The standard InChI is InChI=1S/C15H16FNO/c1-11-5-7-14(8-6-11)17-10-15(18)12-3-2-4-13(16)9-12/h2-9,15,17-18H,10H2,1H3. The molecule has 1 atom stereocenters. The van der Waals surface area contributed by atoms with Crippen molar-refractivity contribution < 1.29 is 9.50 Å². The van der Waals surface area contributed by atoms with Gasteiger partial charge in [-0.25, -0.2) is 4.39 Å². The third kappa shape index (κ3) is 3.31. The van der Waals surface area contributed by atoms with Crippen LogP contribution in [0.5, 0.6) is 0 Å². The van der Waals surface area contributed by atoms with E-state index in [1.807, 2.05) is 31.2 Å². The third-order valence-corrected chi connectivity index (χ3v) is 2.78. The van der Waals surface area contributed by atoms with Gasteiger partial charge in [0, 0.05) is 12.2 Å². The summed E-state index contributed by atoms with van der Waals surface area (Å²) in [6, 6.07) is 13.9. The number of aliphatic hydroxyl groups excluding tert-OH is 1. The fraction of sp³-hybridized carbons (Fsp3) is 0.200. The van der Waals surface area contributed by atoms with Crippen molar-refractivity contribution in [2.45, 2.75) is 13.0 Å². The van der Waals surface area contributed by atoms with Crippen LogP contribution >= 0.6 is 0 Å². The van der Waals surface area contributed by atoms with Gasteiger partial charge in [-0.3, -0.25) is 0 Å². The van der Waals surface area contributed by atoms with Gasteiger partial charge in [0.2, 0.25) is 0 Å². The molecule has 0 aliphatic rings. The van der Waals surface area contributed by atoms with Crippen molar-refractivity contribution in [2.24, 2.45) is 0 Å². The van der Waals surface area contributed by atoms with E-state index >= 15 is 0 Å². The molecule has 0 saturated heterocycles. The van der Waals surface area contributed by atoms with E-state index in [2.05, 4.69) is 5.32 Å². The molecule has 0 fully saturated rings. The Hall–Kier alpha value is -1.87. The van der Waals surface area contributed by atoms with E-state index in [1.54, 1.807) is 12.1 Å². The quantitative estimate of drug-likeness (QED) is 0.866. The second-order valence-corrected chi connectivity index (χ2v) is 4.32. The van der Waals surface area contributed by atoms with Crippen LogP contribution < -0.4 is 5.32 Å². The van der Waals surface area contributed by atoms with Crippen LogP contribution in [0.25, 0.3) is 0 Å². The van der Waals surface area contributed by atoms with Crippen LogP contribution in [0, 0.1) is 12.7 Å². The first-order chi connectivity index (χ1) is 8.65. The molecular weight excluding hydrogens is 229 g/mol. The minimum atomic E-state index is -0.720. The molecule has 0 spiro atoms. The summed E-state index contributed by atoms with van der Waals surface area (Å²) in [5, 5.41) is 13.0. The van der Waals surface area contributed by atoms with Gasteiger partial charge in [-0.05, 0) is 36.8 Å². The molecule has 2 aromatic carbocycles. The Balaban J connectivity index is 1.96. The fourth-order valence-corrected chi connectivity index (χ4v) is 1.72. The zero-order valence-corrected chi connectivity index (χ0v) is 10.2. The topological polar surface area (TPSA) is 32.3 Å². The summed E-state index contributed by atoms with van der Waals surface area (Å²) in [6.45, 7) is 2.37. The van der Waals surface area contributed by atoms with E-state index < -0.39 is 6.10 Å². The summed E-state index contributed by atoms with van der Waals surface area (Å²) < 4.78 is 13.0. The first-order valence-corrected chi connectivity index (χ1v) is 5.89. The minimum absolute atomic E-state index is 0.332. The normalized spacial score (nSPS) is 12.2. The highest BCUT2D eigenvalue weighted by molar-refractivity contribution is 5.44. The predicted octanol–water partition coefficient (Wildman–Crippen LogP) is 3.28. The smallest absolute Gasteiger partial charge is 0.123 e. The third-order valence-electron chi connectivity index (χ3n) is 2.78. The molecule has 0 heterocycles. The molecule has 2 aromatic rings. The zero-order valence-electron chi connectivity index (χ0n) is 10.2. The van der Waals surface area contributed by atoms with Crippen molar-refractivity contribution in [1.82, 2.24) is 0 Å². The molecule has 18 heavy (non-hydrogen) atoms. The first-order valence-electron chi connectivity index (χ1n) is 5.89. The van der Waals surface area contributed by atoms with E-state index in [0.29, 0.717) is 12.1 Å². The number of anilines is 1. The van der Waals surface area contributed by atoms with Crippen molar-refractivity contribution in [3.05, 3.63) is 65.5 Å². The van der Waals surface area contributed by atoms with Gasteiger partial charge in [-0.1, -0.05) is 29.8 Å². The Morgan fingerprint density at radius 3 is 2.56 bits per heavy atom.